The highest BCUT2D eigenvalue weighted by Crippen LogP contribution is 2.34. The van der Waals surface area contributed by atoms with Gasteiger partial charge in [0.05, 0.1) is 23.4 Å². The van der Waals surface area contributed by atoms with Gasteiger partial charge in [0.15, 0.2) is 15.4 Å². The molecule has 206 valence electrons. The van der Waals surface area contributed by atoms with Gasteiger partial charge in [-0.15, -0.1) is 0 Å². The number of aliphatic imine (C=N–C) groups is 1. The van der Waals surface area contributed by atoms with Crippen molar-refractivity contribution in [3.05, 3.63) is 60.2 Å². The van der Waals surface area contributed by atoms with Crippen LogP contribution in [0.1, 0.15) is 51.0 Å². The first-order valence-corrected chi connectivity index (χ1v) is 14.8. The molecule has 10 heteroatoms. The van der Waals surface area contributed by atoms with Gasteiger partial charge in [0.1, 0.15) is 11.9 Å². The summed E-state index contributed by atoms with van der Waals surface area (Å²) in [5, 5.41) is 21.8. The van der Waals surface area contributed by atoms with Gasteiger partial charge in [0, 0.05) is 24.6 Å². The third-order valence-electron chi connectivity index (χ3n) is 7.21. The average molecular weight is 545 g/mol. The minimum absolute atomic E-state index is 0.0432. The molecular formula is C28H36N2O7S. The number of ether oxygens (including phenoxy) is 2. The number of nitrogens with zero attached hydrogens (tertiary/aromatic N) is 1. The predicted octanol–water partition coefficient (Wildman–Crippen LogP) is 2.64. The lowest BCUT2D eigenvalue weighted by atomic mass is 9.88. The molecule has 1 heterocycles. The second kappa shape index (κ2) is 12.3. The van der Waals surface area contributed by atoms with Crippen molar-refractivity contribution in [2.75, 3.05) is 19.0 Å². The SMILES string of the molecule is C[C@H]1OC(c2ccc(OCCCO)cc2)=N[C@@]1(CCS(=O)(=O)c1ccccc1)C(=O)NC1CCC(O)CC1. The molecule has 2 aromatic carbocycles. The number of aliphatic hydroxyl groups excluding tert-OH is 2. The van der Waals surface area contributed by atoms with Crippen LogP contribution >= 0.6 is 0 Å². The van der Waals surface area contributed by atoms with E-state index >= 15 is 0 Å². The second-order valence-electron chi connectivity index (χ2n) is 9.91. The fourth-order valence-electron chi connectivity index (χ4n) is 4.82. The number of carbonyl (C=O) groups excluding carboxylic acids is 1. The van der Waals surface area contributed by atoms with Crippen molar-refractivity contribution in [1.82, 2.24) is 5.32 Å². The largest absolute Gasteiger partial charge is 0.494 e. The van der Waals surface area contributed by atoms with Gasteiger partial charge in [-0.3, -0.25) is 4.79 Å². The lowest BCUT2D eigenvalue weighted by molar-refractivity contribution is -0.129. The van der Waals surface area contributed by atoms with E-state index in [9.17, 15) is 18.3 Å². The van der Waals surface area contributed by atoms with E-state index in [1.54, 1.807) is 61.5 Å². The van der Waals surface area contributed by atoms with Crippen molar-refractivity contribution in [3.63, 3.8) is 0 Å². The Morgan fingerprint density at radius 2 is 1.79 bits per heavy atom. The standard InChI is InChI=1S/C28H36N2O7S/c1-20-28(27(33)29-22-10-12-23(32)13-11-22,16-19-38(34,35)25-6-3-2-4-7-25)30-26(37-20)21-8-14-24(15-9-21)36-18-5-17-31/h2-4,6-9,14-15,20,22-23,31-32H,5,10-13,16-19H2,1H3,(H,29,33)/t20-,22?,23?,28-/m1/s1. The lowest BCUT2D eigenvalue weighted by Crippen LogP contribution is -2.54. The van der Waals surface area contributed by atoms with Crippen molar-refractivity contribution in [3.8, 4) is 5.75 Å². The molecule has 2 aliphatic rings. The topological polar surface area (TPSA) is 135 Å². The first-order chi connectivity index (χ1) is 18.2. The van der Waals surface area contributed by atoms with Crippen LogP contribution in [-0.4, -0.2) is 73.2 Å². The van der Waals surface area contributed by atoms with Crippen molar-refractivity contribution < 1.29 is 32.9 Å². The third-order valence-corrected chi connectivity index (χ3v) is 8.95. The van der Waals surface area contributed by atoms with Crippen LogP contribution in [0.15, 0.2) is 64.5 Å². The minimum atomic E-state index is -3.65. The summed E-state index contributed by atoms with van der Waals surface area (Å²) in [7, 11) is -3.65. The molecule has 0 unspecified atom stereocenters. The summed E-state index contributed by atoms with van der Waals surface area (Å²) in [6, 6.07) is 15.1. The van der Waals surface area contributed by atoms with E-state index in [2.05, 4.69) is 5.32 Å². The second-order valence-corrected chi connectivity index (χ2v) is 12.0. The maximum atomic E-state index is 13.8. The molecule has 0 saturated heterocycles. The van der Waals surface area contributed by atoms with E-state index in [1.807, 2.05) is 0 Å². The number of rotatable bonds is 11. The Bertz CT molecular complexity index is 1210. The summed E-state index contributed by atoms with van der Waals surface area (Å²) >= 11 is 0. The molecule has 0 bridgehead atoms. The summed E-state index contributed by atoms with van der Waals surface area (Å²) in [4.78, 5) is 18.7. The zero-order chi connectivity index (χ0) is 27.2. The van der Waals surface area contributed by atoms with Gasteiger partial charge < -0.3 is 25.0 Å². The van der Waals surface area contributed by atoms with Gasteiger partial charge in [-0.2, -0.15) is 0 Å². The first-order valence-electron chi connectivity index (χ1n) is 13.1. The van der Waals surface area contributed by atoms with E-state index in [0.29, 0.717) is 50.0 Å². The predicted molar refractivity (Wildman–Crippen MR) is 143 cm³/mol. The molecule has 1 aliphatic carbocycles. The highest BCUT2D eigenvalue weighted by molar-refractivity contribution is 7.91. The smallest absolute Gasteiger partial charge is 0.252 e. The maximum absolute atomic E-state index is 13.8. The molecule has 1 aliphatic heterocycles. The molecule has 3 N–H and O–H groups in total. The van der Waals surface area contributed by atoms with Gasteiger partial charge in [0.25, 0.3) is 5.91 Å². The minimum Gasteiger partial charge on any atom is -0.494 e. The monoisotopic (exact) mass is 544 g/mol. The molecule has 38 heavy (non-hydrogen) atoms. The summed E-state index contributed by atoms with van der Waals surface area (Å²) in [5.41, 5.74) is -0.781. The Balaban J connectivity index is 1.58. The Kier molecular flexibility index (Phi) is 9.07. The van der Waals surface area contributed by atoms with Crippen molar-refractivity contribution >= 4 is 21.6 Å². The molecule has 1 amide bonds. The number of nitrogens with one attached hydrogen (secondary N) is 1. The Morgan fingerprint density at radius 1 is 1.11 bits per heavy atom. The van der Waals surface area contributed by atoms with E-state index in [1.165, 1.54) is 0 Å². The summed E-state index contributed by atoms with van der Waals surface area (Å²) in [6.07, 6.45) is 1.93. The Hall–Kier alpha value is -2.95. The highest BCUT2D eigenvalue weighted by atomic mass is 32.2. The third kappa shape index (κ3) is 6.54. The van der Waals surface area contributed by atoms with Crippen molar-refractivity contribution in [1.29, 1.82) is 0 Å². The van der Waals surface area contributed by atoms with E-state index < -0.39 is 21.5 Å². The zero-order valence-electron chi connectivity index (χ0n) is 21.6. The summed E-state index contributed by atoms with van der Waals surface area (Å²) < 4.78 is 37.9. The van der Waals surface area contributed by atoms with Crippen LogP contribution in [0.3, 0.4) is 0 Å². The van der Waals surface area contributed by atoms with Gasteiger partial charge in [-0.25, -0.2) is 13.4 Å². The van der Waals surface area contributed by atoms with Gasteiger partial charge in [0.2, 0.25) is 5.90 Å². The molecule has 2 atom stereocenters. The van der Waals surface area contributed by atoms with Crippen LogP contribution in [0.2, 0.25) is 0 Å². The summed E-state index contributed by atoms with van der Waals surface area (Å²) in [6.45, 7) is 2.18. The van der Waals surface area contributed by atoms with E-state index in [4.69, 9.17) is 19.6 Å². The van der Waals surface area contributed by atoms with Gasteiger partial charge in [-0.05, 0) is 75.4 Å². The van der Waals surface area contributed by atoms with Gasteiger partial charge in [-0.1, -0.05) is 18.2 Å². The number of hydrogen-bond donors (Lipinski definition) is 3. The van der Waals surface area contributed by atoms with Crippen LogP contribution in [-0.2, 0) is 19.4 Å². The molecule has 2 aromatic rings. The van der Waals surface area contributed by atoms with Crippen molar-refractivity contribution in [2.24, 2.45) is 4.99 Å². The molecule has 1 fully saturated rings. The number of hydrogen-bond acceptors (Lipinski definition) is 8. The fraction of sp³-hybridized carbons (Fsp3) is 0.500. The van der Waals surface area contributed by atoms with E-state index in [-0.39, 0.29) is 47.6 Å². The van der Waals surface area contributed by atoms with Crippen LogP contribution in [0, 0.1) is 0 Å². The molecule has 0 spiro atoms. The fourth-order valence-corrected chi connectivity index (χ4v) is 6.21. The molecule has 4 rings (SSSR count). The molecule has 0 radical (unpaired) electrons. The van der Waals surface area contributed by atoms with Crippen LogP contribution in [0.25, 0.3) is 0 Å². The number of benzene rings is 2. The zero-order valence-corrected chi connectivity index (χ0v) is 22.4. The number of carbonyl (C=O) groups is 1. The number of sulfone groups is 1. The van der Waals surface area contributed by atoms with Crippen molar-refractivity contribution in [2.45, 2.75) is 74.1 Å². The lowest BCUT2D eigenvalue weighted by Gasteiger charge is -2.32. The average Bonchev–Trinajstić information content (AvgIpc) is 3.27. The number of amides is 1. The quantitative estimate of drug-likeness (QED) is 0.370. The first kappa shape index (κ1) is 28.1. The number of aliphatic hydroxyl groups is 2. The maximum Gasteiger partial charge on any atom is 0.252 e. The molecule has 9 nitrogen and oxygen atoms in total. The molecule has 1 saturated carbocycles. The molecule has 0 aromatic heterocycles. The molecular weight excluding hydrogens is 508 g/mol. The van der Waals surface area contributed by atoms with Crippen LogP contribution < -0.4 is 10.1 Å². The van der Waals surface area contributed by atoms with Crippen LogP contribution in [0.4, 0.5) is 0 Å². The highest BCUT2D eigenvalue weighted by Gasteiger charge is 2.51. The van der Waals surface area contributed by atoms with E-state index in [0.717, 1.165) is 0 Å². The Morgan fingerprint density at radius 3 is 2.45 bits per heavy atom. The summed E-state index contributed by atoms with van der Waals surface area (Å²) in [5.74, 6) is 0.265. The van der Waals surface area contributed by atoms with Gasteiger partial charge >= 0.3 is 0 Å². The Labute approximate surface area is 223 Å². The normalized spacial score (nSPS) is 25.3. The van der Waals surface area contributed by atoms with Crippen LogP contribution in [0.5, 0.6) is 5.75 Å².